The summed E-state index contributed by atoms with van der Waals surface area (Å²) in [6.45, 7) is 3.07. The van der Waals surface area contributed by atoms with Crippen molar-refractivity contribution in [3.8, 4) is 0 Å². The van der Waals surface area contributed by atoms with Crippen molar-refractivity contribution in [1.82, 2.24) is 4.57 Å². The third-order valence-electron chi connectivity index (χ3n) is 6.62. The molecule has 0 bridgehead atoms. The Labute approximate surface area is 176 Å². The van der Waals surface area contributed by atoms with Crippen LogP contribution in [0.2, 0.25) is 5.02 Å². The van der Waals surface area contributed by atoms with Crippen LogP contribution in [0.25, 0.3) is 10.9 Å². The van der Waals surface area contributed by atoms with Gasteiger partial charge >= 0.3 is 0 Å². The Hall–Kier alpha value is -1.43. The number of rotatable bonds is 6. The molecular weight excluding hydrogens is 393 g/mol. The summed E-state index contributed by atoms with van der Waals surface area (Å²) >= 11 is 6.46. The molecule has 1 N–H and O–H groups in total. The quantitative estimate of drug-likeness (QED) is 0.629. The summed E-state index contributed by atoms with van der Waals surface area (Å²) in [7, 11) is 0. The lowest BCUT2D eigenvalue weighted by Gasteiger charge is -2.37. The van der Waals surface area contributed by atoms with Crippen molar-refractivity contribution >= 4 is 28.3 Å². The van der Waals surface area contributed by atoms with Crippen LogP contribution in [0.15, 0.2) is 24.4 Å². The summed E-state index contributed by atoms with van der Waals surface area (Å²) in [4.78, 5) is 13.1. The summed E-state index contributed by atoms with van der Waals surface area (Å²) < 4.78 is 21.9. The lowest BCUT2D eigenvalue weighted by atomic mass is 9.75. The van der Waals surface area contributed by atoms with E-state index >= 15 is 0 Å². The molecule has 2 heterocycles. The van der Waals surface area contributed by atoms with Gasteiger partial charge in [-0.15, -0.1) is 0 Å². The maximum Gasteiger partial charge on any atom is 0.165 e. The highest BCUT2D eigenvalue weighted by Crippen LogP contribution is 2.40. The second-order valence-corrected chi connectivity index (χ2v) is 9.43. The minimum atomic E-state index is -1.21. The highest BCUT2D eigenvalue weighted by molar-refractivity contribution is 6.37. The van der Waals surface area contributed by atoms with Crippen LogP contribution < -0.4 is 0 Å². The number of carbonyl (C=O) groups excluding carboxylic acids is 1. The maximum atomic E-state index is 14.1. The summed E-state index contributed by atoms with van der Waals surface area (Å²) in [5.74, 6) is -0.0313. The minimum absolute atomic E-state index is 0.0313. The van der Waals surface area contributed by atoms with Crippen LogP contribution in [0.3, 0.4) is 0 Å². The fourth-order valence-corrected chi connectivity index (χ4v) is 4.92. The Bertz CT molecular complexity index is 891. The van der Waals surface area contributed by atoms with Gasteiger partial charge < -0.3 is 14.4 Å². The monoisotopic (exact) mass is 421 g/mol. The van der Waals surface area contributed by atoms with Crippen LogP contribution in [0.4, 0.5) is 4.39 Å². The molecule has 0 spiro atoms. The number of Topliss-reactive ketones (excluding diaryl/α,β-unsaturated/α-hetero) is 1. The normalized spacial score (nSPS) is 30.1. The largest absolute Gasteiger partial charge is 0.390 e. The van der Waals surface area contributed by atoms with E-state index in [1.807, 2.05) is 18.3 Å². The molecule has 29 heavy (non-hydrogen) atoms. The van der Waals surface area contributed by atoms with Gasteiger partial charge in [-0.2, -0.15) is 0 Å². The van der Waals surface area contributed by atoms with Gasteiger partial charge in [0.25, 0.3) is 0 Å². The number of carbonyl (C=O) groups is 1. The minimum Gasteiger partial charge on any atom is -0.390 e. The standard InChI is InChI=1S/C23H29ClFNO3/c1-22(25)9-11-23(28,12-10-22)8-7-20(27)17-15-26(14-16-4-3-13-29-16)19-6-2-5-18(24)21(17)19/h2,5-6,15-16,28H,3-4,7-14H2,1H3. The molecule has 1 unspecified atom stereocenters. The zero-order valence-corrected chi connectivity index (χ0v) is 17.7. The van der Waals surface area contributed by atoms with Crippen LogP contribution in [0.1, 0.15) is 68.6 Å². The number of ketones is 1. The molecule has 1 aliphatic heterocycles. The van der Waals surface area contributed by atoms with Gasteiger partial charge in [-0.3, -0.25) is 4.79 Å². The van der Waals surface area contributed by atoms with E-state index in [1.54, 1.807) is 13.0 Å². The highest BCUT2D eigenvalue weighted by Gasteiger charge is 2.39. The lowest BCUT2D eigenvalue weighted by molar-refractivity contribution is -0.0453. The highest BCUT2D eigenvalue weighted by atomic mass is 35.5. The van der Waals surface area contributed by atoms with Gasteiger partial charge in [0.2, 0.25) is 0 Å². The topological polar surface area (TPSA) is 51.5 Å². The van der Waals surface area contributed by atoms with Crippen molar-refractivity contribution in [3.63, 3.8) is 0 Å². The number of aliphatic hydroxyl groups is 1. The number of ether oxygens (including phenoxy) is 1. The van der Waals surface area contributed by atoms with E-state index in [0.717, 1.165) is 30.4 Å². The Balaban J connectivity index is 1.52. The average molecular weight is 422 g/mol. The molecule has 1 aliphatic carbocycles. The van der Waals surface area contributed by atoms with E-state index in [2.05, 4.69) is 4.57 Å². The van der Waals surface area contributed by atoms with E-state index in [0.29, 0.717) is 49.2 Å². The van der Waals surface area contributed by atoms with Crippen LogP contribution in [-0.4, -0.2) is 39.4 Å². The number of fused-ring (bicyclic) bond motifs is 1. The number of aromatic nitrogens is 1. The predicted octanol–water partition coefficient (Wildman–Crippen LogP) is 5.47. The van der Waals surface area contributed by atoms with Crippen LogP contribution in [0, 0.1) is 0 Å². The lowest BCUT2D eigenvalue weighted by Crippen LogP contribution is -2.39. The smallest absolute Gasteiger partial charge is 0.165 e. The van der Waals surface area contributed by atoms with Crippen LogP contribution in [0.5, 0.6) is 0 Å². The average Bonchev–Trinajstić information content (AvgIpc) is 3.32. The molecule has 4 nitrogen and oxygen atoms in total. The number of nitrogens with zero attached hydrogens (tertiary/aromatic N) is 1. The molecule has 1 aromatic heterocycles. The molecule has 1 atom stereocenters. The molecular formula is C23H29ClFNO3. The third-order valence-corrected chi connectivity index (χ3v) is 6.94. The fraction of sp³-hybridized carbons (Fsp3) is 0.609. The molecule has 1 saturated heterocycles. The molecule has 2 aliphatic rings. The van der Waals surface area contributed by atoms with Gasteiger partial charge in [-0.05, 0) is 64.0 Å². The van der Waals surface area contributed by atoms with Crippen LogP contribution >= 0.6 is 11.6 Å². The predicted molar refractivity (Wildman–Crippen MR) is 112 cm³/mol. The number of hydrogen-bond acceptors (Lipinski definition) is 3. The first-order valence-corrected chi connectivity index (χ1v) is 11.0. The molecule has 1 aromatic carbocycles. The van der Waals surface area contributed by atoms with Crippen molar-refractivity contribution in [2.45, 2.75) is 82.2 Å². The van der Waals surface area contributed by atoms with E-state index in [9.17, 15) is 14.3 Å². The van der Waals surface area contributed by atoms with Gasteiger partial charge in [0.05, 0.1) is 22.2 Å². The molecule has 1 saturated carbocycles. The van der Waals surface area contributed by atoms with Crippen molar-refractivity contribution in [2.75, 3.05) is 6.61 Å². The van der Waals surface area contributed by atoms with Gasteiger partial charge in [-0.25, -0.2) is 4.39 Å². The van der Waals surface area contributed by atoms with E-state index in [-0.39, 0.29) is 18.3 Å². The van der Waals surface area contributed by atoms with E-state index in [1.165, 1.54) is 0 Å². The number of hydrogen-bond donors (Lipinski definition) is 1. The summed E-state index contributed by atoms with van der Waals surface area (Å²) in [5, 5.41) is 12.1. The SMILES string of the molecule is CC1(F)CCC(O)(CCC(=O)c2cn(CC3CCCO3)c3cccc(Cl)c23)CC1. The van der Waals surface area contributed by atoms with Crippen molar-refractivity contribution < 1.29 is 19.0 Å². The number of alkyl halides is 1. The summed E-state index contributed by atoms with van der Waals surface area (Å²) in [6.07, 6.45) is 6.17. The van der Waals surface area contributed by atoms with Gasteiger partial charge in [0.1, 0.15) is 5.67 Å². The Morgan fingerprint density at radius 1 is 1.34 bits per heavy atom. The van der Waals surface area contributed by atoms with Gasteiger partial charge in [0.15, 0.2) is 5.78 Å². The molecule has 0 amide bonds. The fourth-order valence-electron chi connectivity index (χ4n) is 4.65. The molecule has 4 rings (SSSR count). The Morgan fingerprint density at radius 3 is 2.79 bits per heavy atom. The van der Waals surface area contributed by atoms with Crippen LogP contribution in [-0.2, 0) is 11.3 Å². The van der Waals surface area contributed by atoms with E-state index < -0.39 is 11.3 Å². The molecule has 0 radical (unpaired) electrons. The zero-order valence-electron chi connectivity index (χ0n) is 16.9. The molecule has 2 fully saturated rings. The first kappa shape index (κ1) is 20.8. The number of benzene rings is 1. The zero-order chi connectivity index (χ0) is 20.6. The maximum absolute atomic E-state index is 14.1. The van der Waals surface area contributed by atoms with Crippen molar-refractivity contribution in [2.24, 2.45) is 0 Å². The van der Waals surface area contributed by atoms with E-state index in [4.69, 9.17) is 16.3 Å². The van der Waals surface area contributed by atoms with Crippen molar-refractivity contribution in [3.05, 3.63) is 35.0 Å². The summed E-state index contributed by atoms with van der Waals surface area (Å²) in [6, 6.07) is 5.67. The van der Waals surface area contributed by atoms with Gasteiger partial charge in [-0.1, -0.05) is 17.7 Å². The second-order valence-electron chi connectivity index (χ2n) is 9.02. The van der Waals surface area contributed by atoms with Crippen molar-refractivity contribution in [1.29, 1.82) is 0 Å². The Morgan fingerprint density at radius 2 is 2.10 bits per heavy atom. The molecule has 2 aromatic rings. The molecule has 6 heteroatoms. The first-order chi connectivity index (χ1) is 13.8. The first-order valence-electron chi connectivity index (χ1n) is 10.6. The van der Waals surface area contributed by atoms with Gasteiger partial charge in [0, 0.05) is 36.7 Å². The second kappa shape index (κ2) is 8.01. The molecule has 158 valence electrons. The number of halogens is 2. The Kier molecular flexibility index (Phi) is 5.75. The third kappa shape index (κ3) is 4.52. The summed E-state index contributed by atoms with van der Waals surface area (Å²) in [5.41, 5.74) is -0.639.